The summed E-state index contributed by atoms with van der Waals surface area (Å²) in [7, 11) is 0. The number of amides is 1. The molecular formula is C19H21NO3. The Balaban J connectivity index is 1.94. The highest BCUT2D eigenvalue weighted by Gasteiger charge is 2.49. The fourth-order valence-electron chi connectivity index (χ4n) is 3.11. The van der Waals surface area contributed by atoms with Gasteiger partial charge in [-0.15, -0.1) is 0 Å². The van der Waals surface area contributed by atoms with Gasteiger partial charge in [-0.3, -0.25) is 4.90 Å². The predicted octanol–water partition coefficient (Wildman–Crippen LogP) is 3.52. The fraction of sp³-hybridized carbons (Fsp3) is 0.316. The van der Waals surface area contributed by atoms with E-state index in [0.29, 0.717) is 6.54 Å². The molecule has 0 radical (unpaired) electrons. The molecule has 0 saturated carbocycles. The molecule has 2 aromatic rings. The second kappa shape index (κ2) is 6.05. The van der Waals surface area contributed by atoms with Crippen LogP contribution < -0.4 is 0 Å². The van der Waals surface area contributed by atoms with E-state index in [1.165, 1.54) is 0 Å². The molecule has 120 valence electrons. The van der Waals surface area contributed by atoms with Crippen molar-refractivity contribution >= 4 is 6.09 Å². The quantitative estimate of drug-likeness (QED) is 0.940. The number of hydrogen-bond acceptors (Lipinski definition) is 3. The van der Waals surface area contributed by atoms with Gasteiger partial charge in [-0.25, -0.2) is 4.79 Å². The first kappa shape index (κ1) is 15.6. The van der Waals surface area contributed by atoms with Gasteiger partial charge < -0.3 is 9.84 Å². The monoisotopic (exact) mass is 311 g/mol. The Hall–Kier alpha value is -2.33. The van der Waals surface area contributed by atoms with Crippen molar-refractivity contribution in [3.8, 4) is 0 Å². The summed E-state index contributed by atoms with van der Waals surface area (Å²) in [5.41, 5.74) is 0.817. The zero-order valence-corrected chi connectivity index (χ0v) is 13.3. The SMILES string of the molecule is CC(C)(O)C1C(c2ccccc2)OC(=O)N1Cc1ccccc1. The van der Waals surface area contributed by atoms with E-state index in [1.807, 2.05) is 60.7 Å². The van der Waals surface area contributed by atoms with Gasteiger partial charge in [0.25, 0.3) is 0 Å². The largest absolute Gasteiger partial charge is 0.439 e. The molecule has 1 amide bonds. The smallest absolute Gasteiger partial charge is 0.411 e. The molecule has 0 bridgehead atoms. The summed E-state index contributed by atoms with van der Waals surface area (Å²) < 4.78 is 5.60. The van der Waals surface area contributed by atoms with Crippen LogP contribution in [0.2, 0.25) is 0 Å². The van der Waals surface area contributed by atoms with E-state index in [4.69, 9.17) is 4.74 Å². The molecule has 2 atom stereocenters. The van der Waals surface area contributed by atoms with Gasteiger partial charge in [0, 0.05) is 6.54 Å². The molecule has 1 aliphatic heterocycles. The first-order chi connectivity index (χ1) is 11.0. The van der Waals surface area contributed by atoms with E-state index >= 15 is 0 Å². The minimum Gasteiger partial charge on any atom is -0.439 e. The third-order valence-electron chi connectivity index (χ3n) is 4.13. The summed E-state index contributed by atoms with van der Waals surface area (Å²) in [6, 6.07) is 18.9. The van der Waals surface area contributed by atoms with Crippen LogP contribution in [0, 0.1) is 0 Å². The Morgan fingerprint density at radius 3 is 2.17 bits per heavy atom. The first-order valence-corrected chi connectivity index (χ1v) is 7.75. The zero-order valence-electron chi connectivity index (χ0n) is 13.3. The second-order valence-corrected chi connectivity index (χ2v) is 6.43. The average molecular weight is 311 g/mol. The molecule has 4 nitrogen and oxygen atoms in total. The molecule has 3 rings (SSSR count). The maximum atomic E-state index is 12.4. The van der Waals surface area contributed by atoms with Crippen molar-refractivity contribution in [1.29, 1.82) is 0 Å². The van der Waals surface area contributed by atoms with Crippen LogP contribution in [-0.4, -0.2) is 27.7 Å². The lowest BCUT2D eigenvalue weighted by atomic mass is 9.89. The highest BCUT2D eigenvalue weighted by atomic mass is 16.6. The number of benzene rings is 2. The van der Waals surface area contributed by atoms with Crippen LogP contribution in [0.5, 0.6) is 0 Å². The number of rotatable bonds is 4. The van der Waals surface area contributed by atoms with Crippen LogP contribution in [0.3, 0.4) is 0 Å². The third-order valence-corrected chi connectivity index (χ3v) is 4.13. The lowest BCUT2D eigenvalue weighted by Gasteiger charge is -2.34. The third kappa shape index (κ3) is 3.22. The molecule has 2 unspecified atom stereocenters. The number of aliphatic hydroxyl groups is 1. The van der Waals surface area contributed by atoms with Crippen LogP contribution in [-0.2, 0) is 11.3 Å². The van der Waals surface area contributed by atoms with Gasteiger partial charge in [-0.1, -0.05) is 60.7 Å². The van der Waals surface area contributed by atoms with Gasteiger partial charge in [0.1, 0.15) is 6.04 Å². The summed E-state index contributed by atoms with van der Waals surface area (Å²) in [4.78, 5) is 14.0. The molecule has 1 heterocycles. The van der Waals surface area contributed by atoms with Crippen molar-refractivity contribution < 1.29 is 14.6 Å². The molecule has 1 N–H and O–H groups in total. The number of hydrogen-bond donors (Lipinski definition) is 1. The van der Waals surface area contributed by atoms with Gasteiger partial charge >= 0.3 is 6.09 Å². The topological polar surface area (TPSA) is 49.8 Å². The first-order valence-electron chi connectivity index (χ1n) is 7.75. The molecule has 1 saturated heterocycles. The van der Waals surface area contributed by atoms with Crippen molar-refractivity contribution in [1.82, 2.24) is 4.90 Å². The fourth-order valence-corrected chi connectivity index (χ4v) is 3.11. The highest BCUT2D eigenvalue weighted by molar-refractivity contribution is 5.71. The summed E-state index contributed by atoms with van der Waals surface area (Å²) in [6.07, 6.45) is -0.873. The summed E-state index contributed by atoms with van der Waals surface area (Å²) >= 11 is 0. The zero-order chi connectivity index (χ0) is 16.4. The molecule has 1 aliphatic rings. The molecule has 2 aromatic carbocycles. The Morgan fingerprint density at radius 1 is 1.04 bits per heavy atom. The molecule has 1 fully saturated rings. The molecular weight excluding hydrogens is 290 g/mol. The van der Waals surface area contributed by atoms with Crippen LogP contribution in [0.15, 0.2) is 60.7 Å². The van der Waals surface area contributed by atoms with Crippen LogP contribution in [0.4, 0.5) is 4.79 Å². The second-order valence-electron chi connectivity index (χ2n) is 6.43. The van der Waals surface area contributed by atoms with Gasteiger partial charge in [0.15, 0.2) is 6.10 Å². The summed E-state index contributed by atoms with van der Waals surface area (Å²) in [6.45, 7) is 3.85. The van der Waals surface area contributed by atoms with E-state index in [-0.39, 0.29) is 0 Å². The normalized spacial score (nSPS) is 21.3. The number of carbonyl (C=O) groups is 1. The van der Waals surface area contributed by atoms with Gasteiger partial charge in [-0.05, 0) is 25.0 Å². The minimum absolute atomic E-state index is 0.394. The van der Waals surface area contributed by atoms with E-state index in [1.54, 1.807) is 18.7 Å². The summed E-state index contributed by atoms with van der Waals surface area (Å²) in [5, 5.41) is 10.6. The number of ether oxygens (including phenoxy) is 1. The average Bonchev–Trinajstić information content (AvgIpc) is 2.86. The Labute approximate surface area is 136 Å². The molecule has 0 aromatic heterocycles. The van der Waals surface area contributed by atoms with Crippen LogP contribution >= 0.6 is 0 Å². The Kier molecular flexibility index (Phi) is 4.09. The predicted molar refractivity (Wildman–Crippen MR) is 87.7 cm³/mol. The van der Waals surface area contributed by atoms with E-state index in [0.717, 1.165) is 11.1 Å². The van der Waals surface area contributed by atoms with Crippen molar-refractivity contribution in [3.63, 3.8) is 0 Å². The van der Waals surface area contributed by atoms with Crippen molar-refractivity contribution in [3.05, 3.63) is 71.8 Å². The maximum absolute atomic E-state index is 12.4. The summed E-state index contributed by atoms with van der Waals surface area (Å²) in [5.74, 6) is 0. The molecule has 0 spiro atoms. The standard InChI is InChI=1S/C19H21NO3/c1-19(2,22)17-16(15-11-7-4-8-12-15)23-18(21)20(17)13-14-9-5-3-6-10-14/h3-12,16-17,22H,13H2,1-2H3. The Morgan fingerprint density at radius 2 is 1.61 bits per heavy atom. The highest BCUT2D eigenvalue weighted by Crippen LogP contribution is 2.38. The van der Waals surface area contributed by atoms with Crippen LogP contribution in [0.1, 0.15) is 31.1 Å². The maximum Gasteiger partial charge on any atom is 0.411 e. The number of carbonyl (C=O) groups excluding carboxylic acids is 1. The number of nitrogens with zero attached hydrogens (tertiary/aromatic N) is 1. The van der Waals surface area contributed by atoms with Gasteiger partial charge in [0.05, 0.1) is 5.60 Å². The molecule has 4 heteroatoms. The van der Waals surface area contributed by atoms with E-state index < -0.39 is 23.8 Å². The van der Waals surface area contributed by atoms with Crippen molar-refractivity contribution in [2.24, 2.45) is 0 Å². The van der Waals surface area contributed by atoms with Crippen molar-refractivity contribution in [2.45, 2.75) is 38.1 Å². The van der Waals surface area contributed by atoms with E-state index in [9.17, 15) is 9.90 Å². The van der Waals surface area contributed by atoms with Crippen molar-refractivity contribution in [2.75, 3.05) is 0 Å². The lowest BCUT2D eigenvalue weighted by molar-refractivity contribution is -0.0165. The van der Waals surface area contributed by atoms with Crippen LogP contribution in [0.25, 0.3) is 0 Å². The van der Waals surface area contributed by atoms with E-state index in [2.05, 4.69) is 0 Å². The van der Waals surface area contributed by atoms with Gasteiger partial charge in [0.2, 0.25) is 0 Å². The lowest BCUT2D eigenvalue weighted by Crippen LogP contribution is -2.48. The number of cyclic esters (lactones) is 1. The van der Waals surface area contributed by atoms with Gasteiger partial charge in [-0.2, -0.15) is 0 Å². The minimum atomic E-state index is -1.08. The molecule has 23 heavy (non-hydrogen) atoms. The molecule has 0 aliphatic carbocycles. The Bertz CT molecular complexity index is 664.